The van der Waals surface area contributed by atoms with Crippen LogP contribution in [0.4, 0.5) is 5.69 Å². The van der Waals surface area contributed by atoms with E-state index in [0.29, 0.717) is 16.6 Å². The number of likely N-dealkylation sites (N-methyl/N-ethyl adjacent to an activating group) is 2. The number of halogens is 1. The Bertz CT molecular complexity index is 446. The number of carbonyl (C=O) groups excluding carboxylic acids is 1. The molecule has 0 spiro atoms. The molecular formula is C15H23ClN2O. The topological polar surface area (TPSA) is 23.6 Å². The van der Waals surface area contributed by atoms with Gasteiger partial charge in [0.05, 0.1) is 10.7 Å². The zero-order chi connectivity index (χ0) is 14.6. The molecule has 0 aromatic heterocycles. The maximum Gasteiger partial charge on any atom is 0.159 e. The van der Waals surface area contributed by atoms with Crippen molar-refractivity contribution in [3.8, 4) is 0 Å². The molecule has 0 heterocycles. The maximum absolute atomic E-state index is 11.3. The Morgan fingerprint density at radius 1 is 1.37 bits per heavy atom. The second kappa shape index (κ2) is 6.92. The fourth-order valence-electron chi connectivity index (χ4n) is 2.31. The molecular weight excluding hydrogens is 260 g/mol. The third-order valence-electron chi connectivity index (χ3n) is 3.17. The van der Waals surface area contributed by atoms with Crippen molar-refractivity contribution < 1.29 is 4.79 Å². The van der Waals surface area contributed by atoms with Crippen LogP contribution in [-0.2, 0) is 0 Å². The fourth-order valence-corrected chi connectivity index (χ4v) is 2.59. The molecule has 0 aliphatic rings. The fraction of sp³-hybridized carbons (Fsp3) is 0.533. The summed E-state index contributed by atoms with van der Waals surface area (Å²) in [5.74, 6) is 0.0397. The molecule has 106 valence electrons. The van der Waals surface area contributed by atoms with E-state index in [1.807, 2.05) is 12.1 Å². The lowest BCUT2D eigenvalue weighted by atomic mass is 10.1. The molecule has 0 amide bonds. The van der Waals surface area contributed by atoms with E-state index in [-0.39, 0.29) is 5.78 Å². The summed E-state index contributed by atoms with van der Waals surface area (Å²) in [5.41, 5.74) is 1.65. The van der Waals surface area contributed by atoms with Crippen LogP contribution in [0.2, 0.25) is 5.02 Å². The standard InChI is InChI=1S/C15H23ClN2O/c1-6-18(11(2)10-17(4)5)15-8-7-13(12(3)19)9-14(15)16/h7-9,11H,6,10H2,1-5H3. The maximum atomic E-state index is 11.3. The summed E-state index contributed by atoms with van der Waals surface area (Å²) in [7, 11) is 4.12. The molecule has 0 radical (unpaired) electrons. The number of benzene rings is 1. The van der Waals surface area contributed by atoms with Gasteiger partial charge in [-0.25, -0.2) is 0 Å². The quantitative estimate of drug-likeness (QED) is 0.748. The van der Waals surface area contributed by atoms with Gasteiger partial charge in [-0.15, -0.1) is 0 Å². The number of anilines is 1. The molecule has 3 nitrogen and oxygen atoms in total. The first-order valence-corrected chi connectivity index (χ1v) is 6.96. The van der Waals surface area contributed by atoms with Crippen LogP contribution in [0.5, 0.6) is 0 Å². The molecule has 0 aliphatic heterocycles. The second-order valence-corrected chi connectivity index (χ2v) is 5.53. The van der Waals surface area contributed by atoms with Crippen LogP contribution in [0.1, 0.15) is 31.1 Å². The molecule has 19 heavy (non-hydrogen) atoms. The Balaban J connectivity index is 3.02. The molecule has 1 atom stereocenters. The van der Waals surface area contributed by atoms with Crippen LogP contribution in [0.15, 0.2) is 18.2 Å². The Labute approximate surface area is 121 Å². The van der Waals surface area contributed by atoms with Gasteiger partial charge in [-0.2, -0.15) is 0 Å². The van der Waals surface area contributed by atoms with E-state index in [2.05, 4.69) is 37.7 Å². The Morgan fingerprint density at radius 2 is 2.00 bits per heavy atom. The summed E-state index contributed by atoms with van der Waals surface area (Å²) < 4.78 is 0. The van der Waals surface area contributed by atoms with E-state index in [0.717, 1.165) is 18.8 Å². The molecule has 1 aromatic carbocycles. The average Bonchev–Trinajstić information content (AvgIpc) is 2.30. The summed E-state index contributed by atoms with van der Waals surface area (Å²) in [5, 5.41) is 0.639. The van der Waals surface area contributed by atoms with Crippen molar-refractivity contribution in [2.75, 3.05) is 32.1 Å². The highest BCUT2D eigenvalue weighted by Gasteiger charge is 2.17. The third kappa shape index (κ3) is 4.22. The van der Waals surface area contributed by atoms with E-state index in [1.165, 1.54) is 0 Å². The Hall–Kier alpha value is -1.06. The van der Waals surface area contributed by atoms with E-state index in [9.17, 15) is 4.79 Å². The molecule has 0 aliphatic carbocycles. The van der Waals surface area contributed by atoms with Crippen molar-refractivity contribution in [2.45, 2.75) is 26.8 Å². The summed E-state index contributed by atoms with van der Waals surface area (Å²) in [6, 6.07) is 5.90. The van der Waals surface area contributed by atoms with Gasteiger partial charge in [-0.05, 0) is 53.1 Å². The van der Waals surface area contributed by atoms with E-state index in [1.54, 1.807) is 13.0 Å². The lowest BCUT2D eigenvalue weighted by Crippen LogP contribution is -2.40. The van der Waals surface area contributed by atoms with Crippen molar-refractivity contribution >= 4 is 23.1 Å². The molecule has 4 heteroatoms. The summed E-state index contributed by atoms with van der Waals surface area (Å²) in [4.78, 5) is 15.8. The van der Waals surface area contributed by atoms with Crippen LogP contribution in [0.25, 0.3) is 0 Å². The molecule has 1 rings (SSSR count). The molecule has 0 fully saturated rings. The summed E-state index contributed by atoms with van der Waals surface area (Å²) in [6.07, 6.45) is 0. The summed E-state index contributed by atoms with van der Waals surface area (Å²) >= 11 is 6.32. The number of carbonyl (C=O) groups is 1. The van der Waals surface area contributed by atoms with Crippen molar-refractivity contribution in [2.24, 2.45) is 0 Å². The normalized spacial score (nSPS) is 12.6. The molecule has 0 N–H and O–H groups in total. The van der Waals surface area contributed by atoms with Crippen LogP contribution >= 0.6 is 11.6 Å². The Morgan fingerprint density at radius 3 is 2.42 bits per heavy atom. The van der Waals surface area contributed by atoms with Gasteiger partial charge in [0, 0.05) is 24.7 Å². The highest BCUT2D eigenvalue weighted by molar-refractivity contribution is 6.33. The van der Waals surface area contributed by atoms with Crippen molar-refractivity contribution in [3.05, 3.63) is 28.8 Å². The van der Waals surface area contributed by atoms with Gasteiger partial charge >= 0.3 is 0 Å². The number of Topliss-reactive ketones (excluding diaryl/α,β-unsaturated/α-hetero) is 1. The first kappa shape index (κ1) is 16.0. The molecule has 0 saturated carbocycles. The van der Waals surface area contributed by atoms with Gasteiger partial charge in [-0.1, -0.05) is 11.6 Å². The van der Waals surface area contributed by atoms with Gasteiger partial charge in [0.2, 0.25) is 0 Å². The van der Waals surface area contributed by atoms with Gasteiger partial charge in [0.15, 0.2) is 5.78 Å². The first-order valence-electron chi connectivity index (χ1n) is 6.58. The highest BCUT2D eigenvalue weighted by Crippen LogP contribution is 2.28. The first-order chi connectivity index (χ1) is 8.86. The lowest BCUT2D eigenvalue weighted by molar-refractivity contribution is 0.101. The van der Waals surface area contributed by atoms with Gasteiger partial charge in [0.25, 0.3) is 0 Å². The molecule has 1 unspecified atom stereocenters. The third-order valence-corrected chi connectivity index (χ3v) is 3.47. The zero-order valence-electron chi connectivity index (χ0n) is 12.4. The van der Waals surface area contributed by atoms with Crippen LogP contribution < -0.4 is 4.90 Å². The van der Waals surface area contributed by atoms with Crippen molar-refractivity contribution in [3.63, 3.8) is 0 Å². The van der Waals surface area contributed by atoms with Gasteiger partial charge in [0.1, 0.15) is 0 Å². The second-order valence-electron chi connectivity index (χ2n) is 5.12. The molecule has 0 saturated heterocycles. The smallest absolute Gasteiger partial charge is 0.159 e. The SMILES string of the molecule is CCN(c1ccc(C(C)=O)cc1Cl)C(C)CN(C)C. The number of nitrogens with zero attached hydrogens (tertiary/aromatic N) is 2. The molecule has 1 aromatic rings. The van der Waals surface area contributed by atoms with Gasteiger partial charge < -0.3 is 9.80 Å². The monoisotopic (exact) mass is 282 g/mol. The molecule has 0 bridgehead atoms. The zero-order valence-corrected chi connectivity index (χ0v) is 13.2. The lowest BCUT2D eigenvalue weighted by Gasteiger charge is -2.32. The van der Waals surface area contributed by atoms with E-state index in [4.69, 9.17) is 11.6 Å². The number of ketones is 1. The highest BCUT2D eigenvalue weighted by atomic mass is 35.5. The number of hydrogen-bond acceptors (Lipinski definition) is 3. The van der Waals surface area contributed by atoms with E-state index < -0.39 is 0 Å². The number of rotatable bonds is 6. The predicted molar refractivity (Wildman–Crippen MR) is 82.5 cm³/mol. The largest absolute Gasteiger partial charge is 0.367 e. The van der Waals surface area contributed by atoms with Crippen LogP contribution in [0, 0.1) is 0 Å². The minimum Gasteiger partial charge on any atom is -0.367 e. The van der Waals surface area contributed by atoms with Crippen LogP contribution in [0.3, 0.4) is 0 Å². The van der Waals surface area contributed by atoms with E-state index >= 15 is 0 Å². The Kier molecular flexibility index (Phi) is 5.83. The van der Waals surface area contributed by atoms with Crippen molar-refractivity contribution in [1.82, 2.24) is 4.90 Å². The van der Waals surface area contributed by atoms with Crippen molar-refractivity contribution in [1.29, 1.82) is 0 Å². The van der Waals surface area contributed by atoms with Gasteiger partial charge in [-0.3, -0.25) is 4.79 Å². The average molecular weight is 283 g/mol. The minimum atomic E-state index is 0.0397. The predicted octanol–water partition coefficient (Wildman–Crippen LogP) is 3.32. The number of hydrogen-bond donors (Lipinski definition) is 0. The summed E-state index contributed by atoms with van der Waals surface area (Å²) in [6.45, 7) is 7.68. The van der Waals surface area contributed by atoms with Crippen LogP contribution in [-0.4, -0.2) is 43.9 Å². The minimum absolute atomic E-state index is 0.0397.